The van der Waals surface area contributed by atoms with Crippen molar-refractivity contribution in [3.05, 3.63) is 88.0 Å². The minimum atomic E-state index is -0.463. The fourth-order valence-electron chi connectivity index (χ4n) is 1.78. The zero-order valence-electron chi connectivity index (χ0n) is 11.1. The van der Waals surface area contributed by atoms with Crippen molar-refractivity contribution in [1.29, 1.82) is 5.26 Å². The van der Waals surface area contributed by atoms with Crippen LogP contribution in [0.5, 0.6) is 0 Å². The van der Waals surface area contributed by atoms with Gasteiger partial charge < -0.3 is 0 Å². The smallest absolute Gasteiger partial charge is 0.258 e. The van der Waals surface area contributed by atoms with Gasteiger partial charge in [0.25, 0.3) is 5.69 Å². The molecule has 0 fully saturated rings. The summed E-state index contributed by atoms with van der Waals surface area (Å²) in [6.07, 6.45) is 5.37. The number of nitriles is 1. The molecule has 0 spiro atoms. The van der Waals surface area contributed by atoms with E-state index in [4.69, 9.17) is 5.26 Å². The molecule has 4 heteroatoms. The van der Waals surface area contributed by atoms with Gasteiger partial charge in [-0.25, -0.2) is 0 Å². The number of non-ortho nitro benzene ring substituents is 1. The fraction of sp³-hybridized carbons (Fsp3) is 0. The van der Waals surface area contributed by atoms with Crippen LogP contribution >= 0.6 is 0 Å². The van der Waals surface area contributed by atoms with Crippen molar-refractivity contribution in [2.45, 2.75) is 0 Å². The highest BCUT2D eigenvalue weighted by atomic mass is 16.6. The van der Waals surface area contributed by atoms with Gasteiger partial charge in [0.05, 0.1) is 16.6 Å². The molecule has 0 N–H and O–H groups in total. The number of nitro groups is 1. The lowest BCUT2D eigenvalue weighted by Gasteiger charge is -1.97. The van der Waals surface area contributed by atoms with E-state index < -0.39 is 4.92 Å². The summed E-state index contributed by atoms with van der Waals surface area (Å²) in [5.41, 5.74) is 2.16. The summed E-state index contributed by atoms with van der Waals surface area (Å²) in [7, 11) is 0. The summed E-state index contributed by atoms with van der Waals surface area (Å²) in [5.74, 6) is 0. The van der Waals surface area contributed by atoms with E-state index in [0.29, 0.717) is 11.1 Å². The third-order valence-electron chi connectivity index (χ3n) is 2.86. The lowest BCUT2D eigenvalue weighted by Crippen LogP contribution is -1.88. The van der Waals surface area contributed by atoms with Gasteiger partial charge in [0.2, 0.25) is 0 Å². The van der Waals surface area contributed by atoms with Crippen LogP contribution in [0.2, 0.25) is 0 Å². The fourth-order valence-corrected chi connectivity index (χ4v) is 1.78. The first-order valence-electron chi connectivity index (χ1n) is 6.29. The molecular weight excluding hydrogens is 264 g/mol. The monoisotopic (exact) mass is 276 g/mol. The van der Waals surface area contributed by atoms with Gasteiger partial charge >= 0.3 is 0 Å². The minimum absolute atomic E-state index is 0.0101. The van der Waals surface area contributed by atoms with Crippen LogP contribution in [0, 0.1) is 21.4 Å². The summed E-state index contributed by atoms with van der Waals surface area (Å²) >= 11 is 0. The third-order valence-corrected chi connectivity index (χ3v) is 2.86. The molecular formula is C17H12N2O2. The van der Waals surface area contributed by atoms with Gasteiger partial charge in [-0.3, -0.25) is 10.1 Å². The van der Waals surface area contributed by atoms with E-state index in [2.05, 4.69) is 6.07 Å². The molecule has 2 aromatic rings. The summed E-state index contributed by atoms with van der Waals surface area (Å²) in [6, 6.07) is 17.7. The minimum Gasteiger partial charge on any atom is -0.258 e. The van der Waals surface area contributed by atoms with Gasteiger partial charge in [-0.15, -0.1) is 0 Å². The molecule has 0 unspecified atom stereocenters. The van der Waals surface area contributed by atoms with Crippen molar-refractivity contribution in [2.24, 2.45) is 0 Å². The summed E-state index contributed by atoms with van der Waals surface area (Å²) in [5, 5.41) is 19.8. The molecule has 0 aliphatic heterocycles. The maximum absolute atomic E-state index is 10.6. The highest BCUT2D eigenvalue weighted by molar-refractivity contribution is 5.79. The van der Waals surface area contributed by atoms with Crippen LogP contribution in [-0.2, 0) is 0 Å². The third kappa shape index (κ3) is 3.88. The molecule has 0 aliphatic carbocycles. The van der Waals surface area contributed by atoms with Gasteiger partial charge in [0.1, 0.15) is 0 Å². The molecule has 21 heavy (non-hydrogen) atoms. The van der Waals surface area contributed by atoms with Crippen molar-refractivity contribution in [2.75, 3.05) is 0 Å². The first kappa shape index (κ1) is 14.2. The van der Waals surface area contributed by atoms with Gasteiger partial charge in [-0.2, -0.15) is 5.26 Å². The molecule has 0 aliphatic rings. The predicted molar refractivity (Wildman–Crippen MR) is 82.2 cm³/mol. The first-order valence-corrected chi connectivity index (χ1v) is 6.29. The lowest BCUT2D eigenvalue weighted by atomic mass is 10.1. The second kappa shape index (κ2) is 6.83. The number of hydrogen-bond donors (Lipinski definition) is 0. The quantitative estimate of drug-likeness (QED) is 0.363. The standard InChI is InChI=1S/C17H12N2O2/c18-13-16(8-4-7-14-5-2-1-3-6-14)15-9-11-17(12-10-15)19(20)21/h1-12H/b7-4+,16-8+. The van der Waals surface area contributed by atoms with Crippen molar-refractivity contribution in [1.82, 2.24) is 0 Å². The molecule has 0 heterocycles. The Morgan fingerprint density at radius 3 is 2.33 bits per heavy atom. The van der Waals surface area contributed by atoms with Gasteiger partial charge in [0, 0.05) is 12.1 Å². The molecule has 0 saturated carbocycles. The normalized spacial score (nSPS) is 11.3. The summed E-state index contributed by atoms with van der Waals surface area (Å²) < 4.78 is 0. The zero-order chi connectivity index (χ0) is 15.1. The molecule has 4 nitrogen and oxygen atoms in total. The van der Waals surface area contributed by atoms with Crippen LogP contribution in [0.25, 0.3) is 11.6 Å². The Morgan fingerprint density at radius 2 is 1.76 bits per heavy atom. The van der Waals surface area contributed by atoms with E-state index in [0.717, 1.165) is 5.56 Å². The van der Waals surface area contributed by atoms with Gasteiger partial charge in [-0.05, 0) is 29.3 Å². The van der Waals surface area contributed by atoms with Crippen molar-refractivity contribution < 1.29 is 4.92 Å². The Balaban J connectivity index is 2.19. The first-order chi connectivity index (χ1) is 10.2. The second-order valence-electron chi connectivity index (χ2n) is 4.27. The topological polar surface area (TPSA) is 66.9 Å². The van der Waals surface area contributed by atoms with E-state index in [-0.39, 0.29) is 5.69 Å². The molecule has 2 aromatic carbocycles. The molecule has 0 amide bonds. The van der Waals surface area contributed by atoms with Crippen LogP contribution in [0.3, 0.4) is 0 Å². The number of rotatable bonds is 4. The maximum Gasteiger partial charge on any atom is 0.269 e. The van der Waals surface area contributed by atoms with E-state index in [1.54, 1.807) is 24.3 Å². The van der Waals surface area contributed by atoms with Crippen LogP contribution in [0.15, 0.2) is 66.7 Å². The van der Waals surface area contributed by atoms with Crippen LogP contribution in [-0.4, -0.2) is 4.92 Å². The Morgan fingerprint density at radius 1 is 1.10 bits per heavy atom. The largest absolute Gasteiger partial charge is 0.269 e. The van der Waals surface area contributed by atoms with Crippen LogP contribution in [0.4, 0.5) is 5.69 Å². The Kier molecular flexibility index (Phi) is 4.62. The van der Waals surface area contributed by atoms with Crippen LogP contribution in [0.1, 0.15) is 11.1 Å². The van der Waals surface area contributed by atoms with Gasteiger partial charge in [-0.1, -0.05) is 42.5 Å². The van der Waals surface area contributed by atoms with Crippen molar-refractivity contribution >= 4 is 17.3 Å². The number of nitro benzene ring substituents is 1. The average Bonchev–Trinajstić information content (AvgIpc) is 2.53. The van der Waals surface area contributed by atoms with Crippen molar-refractivity contribution in [3.8, 4) is 6.07 Å². The zero-order valence-corrected chi connectivity index (χ0v) is 11.1. The molecule has 0 bridgehead atoms. The number of nitrogens with zero attached hydrogens (tertiary/aromatic N) is 2. The maximum atomic E-state index is 10.6. The molecule has 0 aromatic heterocycles. The number of allylic oxidation sites excluding steroid dienone is 3. The molecule has 102 valence electrons. The Labute approximate surface area is 122 Å². The van der Waals surface area contributed by atoms with E-state index >= 15 is 0 Å². The van der Waals surface area contributed by atoms with Crippen LogP contribution < -0.4 is 0 Å². The molecule has 2 rings (SSSR count). The number of hydrogen-bond acceptors (Lipinski definition) is 3. The highest BCUT2D eigenvalue weighted by Gasteiger charge is 2.05. The molecule has 0 atom stereocenters. The lowest BCUT2D eigenvalue weighted by molar-refractivity contribution is -0.384. The summed E-state index contributed by atoms with van der Waals surface area (Å²) in [6.45, 7) is 0. The molecule has 0 radical (unpaired) electrons. The summed E-state index contributed by atoms with van der Waals surface area (Å²) in [4.78, 5) is 10.1. The average molecular weight is 276 g/mol. The SMILES string of the molecule is N#C/C(=C\C=C\c1ccccc1)c1ccc([N+](=O)[O-])cc1. The van der Waals surface area contributed by atoms with Gasteiger partial charge in [0.15, 0.2) is 0 Å². The van der Waals surface area contributed by atoms with E-state index in [9.17, 15) is 10.1 Å². The highest BCUT2D eigenvalue weighted by Crippen LogP contribution is 2.18. The van der Waals surface area contributed by atoms with Crippen molar-refractivity contribution in [3.63, 3.8) is 0 Å². The molecule has 0 saturated heterocycles. The predicted octanol–water partition coefficient (Wildman–Crippen LogP) is 4.22. The van der Waals surface area contributed by atoms with E-state index in [1.165, 1.54) is 12.1 Å². The Bertz CT molecular complexity index is 724. The number of benzene rings is 2. The Hall–Kier alpha value is -3.19. The second-order valence-corrected chi connectivity index (χ2v) is 4.27. The van der Waals surface area contributed by atoms with E-state index in [1.807, 2.05) is 36.4 Å².